The van der Waals surface area contributed by atoms with Gasteiger partial charge in [-0.05, 0) is 60.7 Å². The van der Waals surface area contributed by atoms with Crippen molar-refractivity contribution in [2.75, 3.05) is 18.2 Å². The molecule has 0 aliphatic heterocycles. The van der Waals surface area contributed by atoms with Crippen LogP contribution in [0.1, 0.15) is 10.4 Å². The topological polar surface area (TPSA) is 154 Å². The Hall–Kier alpha value is -5.40. The maximum atomic E-state index is 13.3. The van der Waals surface area contributed by atoms with Crippen molar-refractivity contribution in [3.63, 3.8) is 0 Å². The molecule has 2 aromatic heterocycles. The van der Waals surface area contributed by atoms with Crippen molar-refractivity contribution in [3.05, 3.63) is 88.8 Å². The van der Waals surface area contributed by atoms with Gasteiger partial charge in [-0.1, -0.05) is 12.1 Å². The number of nitrogens with zero attached hydrogens (tertiary/aromatic N) is 4. The highest BCUT2D eigenvalue weighted by Gasteiger charge is 2.38. The minimum absolute atomic E-state index is 0.176. The number of nitrogen functional groups attached to an aromatic ring is 1. The van der Waals surface area contributed by atoms with Crippen LogP contribution in [0.3, 0.4) is 0 Å². The maximum Gasteiger partial charge on any atom is 0.490 e. The fourth-order valence-corrected chi connectivity index (χ4v) is 3.45. The van der Waals surface area contributed by atoms with Gasteiger partial charge in [0.1, 0.15) is 5.75 Å². The molecule has 11 nitrogen and oxygen atoms in total. The Bertz CT molecular complexity index is 1730. The van der Waals surface area contributed by atoms with Crippen molar-refractivity contribution >= 4 is 40.1 Å². The third-order valence-corrected chi connectivity index (χ3v) is 5.31. The van der Waals surface area contributed by atoms with Gasteiger partial charge in [0, 0.05) is 11.3 Å². The zero-order chi connectivity index (χ0) is 28.3. The summed E-state index contributed by atoms with van der Waals surface area (Å²) in [7, 11) is 1.57. The van der Waals surface area contributed by atoms with Crippen molar-refractivity contribution in [2.45, 2.75) is 6.18 Å². The average molecular weight is 540 g/mol. The third-order valence-electron chi connectivity index (χ3n) is 5.31. The normalized spacial score (nSPS) is 11.1. The first-order valence-electron chi connectivity index (χ1n) is 11.0. The van der Waals surface area contributed by atoms with Crippen LogP contribution in [-0.2, 0) is 4.79 Å². The molecule has 0 spiro atoms. The molecule has 0 aliphatic carbocycles. The van der Waals surface area contributed by atoms with Gasteiger partial charge in [0.15, 0.2) is 5.82 Å². The van der Waals surface area contributed by atoms with Gasteiger partial charge in [-0.2, -0.15) is 17.9 Å². The van der Waals surface area contributed by atoms with Gasteiger partial charge in [-0.25, -0.2) is 19.0 Å². The number of aromatic nitrogens is 4. The SMILES string of the molecule is COc1ccc(-n2nc3c(NC(=O)c4ccc(N)cc4)nc4ccccc4n3c2=O)cc1.O=C(O)C(F)(F)F. The van der Waals surface area contributed by atoms with E-state index in [1.165, 1.54) is 9.08 Å². The number of amides is 1. The smallest absolute Gasteiger partial charge is 0.490 e. The Labute approximate surface area is 216 Å². The summed E-state index contributed by atoms with van der Waals surface area (Å²) in [5.74, 6) is -2.31. The van der Waals surface area contributed by atoms with Crippen LogP contribution in [-0.4, -0.2) is 49.4 Å². The number of rotatable bonds is 4. The first kappa shape index (κ1) is 26.7. The fourth-order valence-electron chi connectivity index (χ4n) is 3.45. The summed E-state index contributed by atoms with van der Waals surface area (Å²) >= 11 is 0. The second kappa shape index (κ2) is 10.5. The molecule has 0 atom stereocenters. The number of nitrogens with two attached hydrogens (primary N) is 1. The number of aliphatic carboxylic acids is 1. The molecular weight excluding hydrogens is 521 g/mol. The number of para-hydroxylation sites is 2. The number of ether oxygens (including phenoxy) is 1. The van der Waals surface area contributed by atoms with Gasteiger partial charge in [0.05, 0.1) is 23.8 Å². The standard InChI is InChI=1S/C23H18N6O3.C2HF3O2/c1-32-17-12-10-16(11-13-17)29-23(31)28-19-5-3-2-4-18(19)25-20(21(28)27-29)26-22(30)14-6-8-15(24)9-7-14;3-2(4,5)1(6)7/h2-13H,24H2,1H3,(H,25,26,30);(H,6,7). The largest absolute Gasteiger partial charge is 0.497 e. The van der Waals surface area contributed by atoms with Gasteiger partial charge in [0.25, 0.3) is 5.91 Å². The molecular formula is C25H19F3N6O5. The minimum atomic E-state index is -5.08. The van der Waals surface area contributed by atoms with Gasteiger partial charge < -0.3 is 20.9 Å². The van der Waals surface area contributed by atoms with E-state index in [9.17, 15) is 22.8 Å². The molecule has 5 aromatic rings. The summed E-state index contributed by atoms with van der Waals surface area (Å²) in [5, 5.41) is 14.4. The van der Waals surface area contributed by atoms with Crippen LogP contribution in [0.2, 0.25) is 0 Å². The number of anilines is 2. The Kier molecular flexibility index (Phi) is 7.20. The van der Waals surface area contributed by atoms with E-state index in [1.807, 2.05) is 12.1 Å². The van der Waals surface area contributed by atoms with E-state index in [-0.39, 0.29) is 23.1 Å². The molecule has 0 saturated heterocycles. The van der Waals surface area contributed by atoms with Crippen molar-refractivity contribution < 1.29 is 32.6 Å². The first-order chi connectivity index (χ1) is 18.5. The number of nitrogens with one attached hydrogen (secondary N) is 1. The number of carbonyl (C=O) groups excluding carboxylic acids is 1. The highest BCUT2D eigenvalue weighted by Crippen LogP contribution is 2.21. The molecule has 1 amide bonds. The zero-order valence-corrected chi connectivity index (χ0v) is 20.0. The number of alkyl halides is 3. The number of halogens is 3. The zero-order valence-electron chi connectivity index (χ0n) is 20.0. The predicted molar refractivity (Wildman–Crippen MR) is 135 cm³/mol. The molecule has 4 N–H and O–H groups in total. The lowest BCUT2D eigenvalue weighted by Gasteiger charge is -2.08. The summed E-state index contributed by atoms with van der Waals surface area (Å²) in [6.45, 7) is 0. The number of fused-ring (bicyclic) bond motifs is 3. The van der Waals surface area contributed by atoms with Gasteiger partial charge in [0.2, 0.25) is 5.65 Å². The van der Waals surface area contributed by atoms with Crippen molar-refractivity contribution in [3.8, 4) is 11.4 Å². The fraction of sp³-hybridized carbons (Fsp3) is 0.0800. The number of carboxylic acid groups (broad SMARTS) is 1. The van der Waals surface area contributed by atoms with Gasteiger partial charge >= 0.3 is 17.8 Å². The number of carboxylic acids is 1. The molecule has 14 heteroatoms. The average Bonchev–Trinajstić information content (AvgIpc) is 3.26. The number of hydrogen-bond acceptors (Lipinski definition) is 7. The lowest BCUT2D eigenvalue weighted by atomic mass is 10.2. The molecule has 0 bridgehead atoms. The van der Waals surface area contributed by atoms with Crippen LogP contribution >= 0.6 is 0 Å². The number of hydrogen-bond donors (Lipinski definition) is 3. The van der Waals surface area contributed by atoms with Crippen molar-refractivity contribution in [1.29, 1.82) is 0 Å². The molecule has 0 aliphatic rings. The minimum Gasteiger partial charge on any atom is -0.497 e. The van der Waals surface area contributed by atoms with E-state index in [2.05, 4.69) is 15.4 Å². The van der Waals surface area contributed by atoms with E-state index in [0.29, 0.717) is 33.7 Å². The van der Waals surface area contributed by atoms with Gasteiger partial charge in [-0.3, -0.25) is 4.79 Å². The van der Waals surface area contributed by atoms with Crippen LogP contribution in [0.25, 0.3) is 22.4 Å². The highest BCUT2D eigenvalue weighted by molar-refractivity contribution is 6.06. The predicted octanol–water partition coefficient (Wildman–Crippen LogP) is 3.51. The molecule has 0 unspecified atom stereocenters. The quantitative estimate of drug-likeness (QED) is 0.293. The van der Waals surface area contributed by atoms with Crippen LogP contribution in [0.15, 0.2) is 77.6 Å². The lowest BCUT2D eigenvalue weighted by molar-refractivity contribution is -0.192. The molecule has 0 saturated carbocycles. The van der Waals surface area contributed by atoms with E-state index >= 15 is 0 Å². The van der Waals surface area contributed by atoms with Gasteiger partial charge in [-0.15, -0.1) is 5.10 Å². The van der Waals surface area contributed by atoms with Crippen molar-refractivity contribution in [2.24, 2.45) is 0 Å². The highest BCUT2D eigenvalue weighted by atomic mass is 19.4. The first-order valence-corrected chi connectivity index (χ1v) is 11.0. The molecule has 200 valence electrons. The molecule has 3 aromatic carbocycles. The van der Waals surface area contributed by atoms with E-state index in [1.54, 1.807) is 67.8 Å². The monoisotopic (exact) mass is 540 g/mol. The summed E-state index contributed by atoms with van der Waals surface area (Å²) in [6, 6.07) is 20.6. The number of carbonyl (C=O) groups is 2. The number of methoxy groups -OCH3 is 1. The number of benzene rings is 3. The van der Waals surface area contributed by atoms with E-state index in [0.717, 1.165) is 0 Å². The Morgan fingerprint density at radius 1 is 1.00 bits per heavy atom. The summed E-state index contributed by atoms with van der Waals surface area (Å²) in [4.78, 5) is 39.6. The van der Waals surface area contributed by atoms with E-state index < -0.39 is 12.1 Å². The Balaban J connectivity index is 0.000000448. The molecule has 39 heavy (non-hydrogen) atoms. The lowest BCUT2D eigenvalue weighted by Crippen LogP contribution is -2.21. The maximum absolute atomic E-state index is 13.3. The Morgan fingerprint density at radius 3 is 2.21 bits per heavy atom. The van der Waals surface area contributed by atoms with Crippen LogP contribution < -0.4 is 21.5 Å². The van der Waals surface area contributed by atoms with Crippen LogP contribution in [0.4, 0.5) is 24.7 Å². The molecule has 0 radical (unpaired) electrons. The second-order valence-electron chi connectivity index (χ2n) is 7.88. The summed E-state index contributed by atoms with van der Waals surface area (Å²) in [5.41, 5.74) is 8.20. The van der Waals surface area contributed by atoms with Crippen LogP contribution in [0.5, 0.6) is 5.75 Å². The Morgan fingerprint density at radius 2 is 1.62 bits per heavy atom. The van der Waals surface area contributed by atoms with E-state index in [4.69, 9.17) is 20.4 Å². The molecule has 5 rings (SSSR count). The summed E-state index contributed by atoms with van der Waals surface area (Å²) in [6.07, 6.45) is -5.08. The second-order valence-corrected chi connectivity index (χ2v) is 7.88. The summed E-state index contributed by atoms with van der Waals surface area (Å²) < 4.78 is 39.6. The third kappa shape index (κ3) is 5.64. The van der Waals surface area contributed by atoms with Crippen molar-refractivity contribution in [1.82, 2.24) is 19.2 Å². The van der Waals surface area contributed by atoms with Crippen LogP contribution in [0, 0.1) is 0 Å². The molecule has 2 heterocycles. The molecule has 0 fully saturated rings.